The van der Waals surface area contributed by atoms with Gasteiger partial charge in [0.25, 0.3) is 5.91 Å². The average molecular weight is 286 g/mol. The quantitative estimate of drug-likeness (QED) is 0.875. The lowest BCUT2D eigenvalue weighted by atomic mass is 10.2. The van der Waals surface area contributed by atoms with E-state index in [0.717, 1.165) is 10.4 Å². The minimum absolute atomic E-state index is 0.0536. The molecule has 0 aromatic carbocycles. The van der Waals surface area contributed by atoms with Crippen LogP contribution in [0.4, 0.5) is 0 Å². The van der Waals surface area contributed by atoms with E-state index in [1.807, 2.05) is 12.1 Å². The summed E-state index contributed by atoms with van der Waals surface area (Å²) in [6.45, 7) is 0.336. The Labute approximate surface area is 121 Å². The van der Waals surface area contributed by atoms with Crippen LogP contribution in [0.2, 0.25) is 0 Å². The van der Waals surface area contributed by atoms with Gasteiger partial charge in [-0.15, -0.1) is 11.3 Å². The Hall–Kier alpha value is -2.16. The lowest BCUT2D eigenvalue weighted by Gasteiger charge is -2.16. The number of hydrogen-bond acceptors (Lipinski definition) is 4. The molecule has 0 spiro atoms. The van der Waals surface area contributed by atoms with Crippen molar-refractivity contribution in [1.29, 1.82) is 0 Å². The van der Waals surface area contributed by atoms with Crippen LogP contribution in [-0.2, 0) is 6.54 Å². The van der Waals surface area contributed by atoms with Crippen LogP contribution < -0.4 is 0 Å². The maximum atomic E-state index is 12.3. The SMILES string of the molecule is CN(Cc1cccnc1)C(=O)c1csc(C#CCO)c1. The highest BCUT2D eigenvalue weighted by Gasteiger charge is 2.13. The molecule has 2 aromatic rings. The molecule has 0 unspecified atom stereocenters. The third-order valence-corrected chi connectivity index (χ3v) is 3.47. The van der Waals surface area contributed by atoms with Gasteiger partial charge in [-0.05, 0) is 17.7 Å². The number of amides is 1. The zero-order chi connectivity index (χ0) is 14.4. The number of hydrogen-bond donors (Lipinski definition) is 1. The van der Waals surface area contributed by atoms with Crippen LogP contribution in [0.25, 0.3) is 0 Å². The molecule has 0 aliphatic rings. The first-order valence-corrected chi connectivity index (χ1v) is 6.91. The fourth-order valence-corrected chi connectivity index (χ4v) is 2.45. The second-order valence-electron chi connectivity index (χ2n) is 4.18. The second kappa shape index (κ2) is 6.85. The third kappa shape index (κ3) is 3.67. The number of rotatable bonds is 3. The first-order valence-electron chi connectivity index (χ1n) is 6.03. The van der Waals surface area contributed by atoms with Crippen molar-refractivity contribution >= 4 is 17.2 Å². The van der Waals surface area contributed by atoms with Crippen LogP contribution in [0.15, 0.2) is 36.0 Å². The number of thiophene rings is 1. The smallest absolute Gasteiger partial charge is 0.254 e. The van der Waals surface area contributed by atoms with E-state index in [9.17, 15) is 4.79 Å². The van der Waals surface area contributed by atoms with Crippen molar-refractivity contribution in [3.63, 3.8) is 0 Å². The van der Waals surface area contributed by atoms with Gasteiger partial charge in [0, 0.05) is 31.4 Å². The van der Waals surface area contributed by atoms with Crippen molar-refractivity contribution in [3.05, 3.63) is 52.0 Å². The molecular weight excluding hydrogens is 272 g/mol. The standard InChI is InChI=1S/C15H14N2O2S/c1-17(10-12-4-2-6-16-9-12)15(19)13-8-14(20-11-13)5-3-7-18/h2,4,6,8-9,11,18H,7,10H2,1H3. The van der Waals surface area contributed by atoms with Crippen LogP contribution in [-0.4, -0.2) is 34.6 Å². The number of carbonyl (C=O) groups is 1. The summed E-state index contributed by atoms with van der Waals surface area (Å²) < 4.78 is 0. The van der Waals surface area contributed by atoms with E-state index in [4.69, 9.17) is 5.11 Å². The Kier molecular flexibility index (Phi) is 4.88. The van der Waals surface area contributed by atoms with Crippen LogP contribution in [0, 0.1) is 11.8 Å². The zero-order valence-electron chi connectivity index (χ0n) is 11.0. The maximum Gasteiger partial charge on any atom is 0.254 e. The Bertz CT molecular complexity index is 641. The molecule has 0 saturated carbocycles. The first-order chi connectivity index (χ1) is 9.70. The van der Waals surface area contributed by atoms with Gasteiger partial charge in [-0.25, -0.2) is 0 Å². The molecule has 0 saturated heterocycles. The number of aliphatic hydroxyl groups is 1. The molecule has 102 valence electrons. The van der Waals surface area contributed by atoms with Gasteiger partial charge in [-0.2, -0.15) is 0 Å². The normalized spacial score (nSPS) is 9.70. The summed E-state index contributed by atoms with van der Waals surface area (Å²) in [5.74, 6) is 5.31. The van der Waals surface area contributed by atoms with E-state index in [1.54, 1.807) is 35.8 Å². The van der Waals surface area contributed by atoms with E-state index in [2.05, 4.69) is 16.8 Å². The lowest BCUT2D eigenvalue weighted by Crippen LogP contribution is -2.25. The average Bonchev–Trinajstić information content (AvgIpc) is 2.94. The Morgan fingerprint density at radius 2 is 2.40 bits per heavy atom. The van der Waals surface area contributed by atoms with E-state index in [1.165, 1.54) is 11.3 Å². The van der Waals surface area contributed by atoms with E-state index < -0.39 is 0 Å². The van der Waals surface area contributed by atoms with E-state index in [-0.39, 0.29) is 12.5 Å². The number of aromatic nitrogens is 1. The molecule has 2 heterocycles. The van der Waals surface area contributed by atoms with Gasteiger partial charge in [0.15, 0.2) is 0 Å². The van der Waals surface area contributed by atoms with Crippen molar-refractivity contribution in [2.45, 2.75) is 6.54 Å². The fourth-order valence-electron chi connectivity index (χ4n) is 1.70. The van der Waals surface area contributed by atoms with Gasteiger partial charge < -0.3 is 10.0 Å². The minimum Gasteiger partial charge on any atom is -0.384 e. The molecule has 2 rings (SSSR count). The van der Waals surface area contributed by atoms with E-state index >= 15 is 0 Å². The summed E-state index contributed by atoms with van der Waals surface area (Å²) >= 11 is 1.40. The monoisotopic (exact) mass is 286 g/mol. The predicted molar refractivity (Wildman–Crippen MR) is 78.3 cm³/mol. The third-order valence-electron chi connectivity index (χ3n) is 2.63. The molecule has 0 radical (unpaired) electrons. The molecule has 2 aromatic heterocycles. The largest absolute Gasteiger partial charge is 0.384 e. The molecule has 0 bridgehead atoms. The van der Waals surface area contributed by atoms with Gasteiger partial charge in [0.2, 0.25) is 0 Å². The summed E-state index contributed by atoms with van der Waals surface area (Å²) in [6.07, 6.45) is 3.45. The zero-order valence-corrected chi connectivity index (χ0v) is 11.9. The highest BCUT2D eigenvalue weighted by molar-refractivity contribution is 7.10. The summed E-state index contributed by atoms with van der Waals surface area (Å²) in [7, 11) is 1.76. The number of nitrogens with zero attached hydrogens (tertiary/aromatic N) is 2. The molecule has 1 N–H and O–H groups in total. The molecule has 20 heavy (non-hydrogen) atoms. The van der Waals surface area contributed by atoms with Crippen molar-refractivity contribution in [2.24, 2.45) is 0 Å². The predicted octanol–water partition coefficient (Wildman–Crippen LogP) is 1.76. The molecule has 5 heteroatoms. The molecule has 0 fully saturated rings. The Morgan fingerprint density at radius 1 is 1.55 bits per heavy atom. The highest BCUT2D eigenvalue weighted by atomic mass is 32.1. The first kappa shape index (κ1) is 14.3. The van der Waals surface area contributed by atoms with Crippen LogP contribution in [0.3, 0.4) is 0 Å². The number of aliphatic hydroxyl groups excluding tert-OH is 1. The van der Waals surface area contributed by atoms with Crippen LogP contribution in [0.1, 0.15) is 20.8 Å². The Balaban J connectivity index is 2.05. The van der Waals surface area contributed by atoms with Gasteiger partial charge >= 0.3 is 0 Å². The van der Waals surface area contributed by atoms with Crippen molar-refractivity contribution in [1.82, 2.24) is 9.88 Å². The summed E-state index contributed by atoms with van der Waals surface area (Å²) in [5, 5.41) is 10.4. The lowest BCUT2D eigenvalue weighted by molar-refractivity contribution is 0.0785. The maximum absolute atomic E-state index is 12.3. The number of carbonyl (C=O) groups excluding carboxylic acids is 1. The van der Waals surface area contributed by atoms with Crippen LogP contribution >= 0.6 is 11.3 Å². The molecule has 0 aliphatic heterocycles. The van der Waals surface area contributed by atoms with Gasteiger partial charge in [0.05, 0.1) is 10.4 Å². The minimum atomic E-state index is -0.178. The molecule has 0 atom stereocenters. The van der Waals surface area contributed by atoms with Crippen molar-refractivity contribution in [3.8, 4) is 11.8 Å². The summed E-state index contributed by atoms with van der Waals surface area (Å²) in [4.78, 5) is 18.7. The second-order valence-corrected chi connectivity index (χ2v) is 5.09. The molecule has 1 amide bonds. The number of pyridine rings is 1. The molecular formula is C15H14N2O2S. The fraction of sp³-hybridized carbons (Fsp3) is 0.200. The molecule has 0 aliphatic carbocycles. The van der Waals surface area contributed by atoms with Gasteiger partial charge in [-0.3, -0.25) is 9.78 Å². The molecule has 4 nitrogen and oxygen atoms in total. The summed E-state index contributed by atoms with van der Waals surface area (Å²) in [6, 6.07) is 5.53. The van der Waals surface area contributed by atoms with Crippen molar-refractivity contribution < 1.29 is 9.90 Å². The Morgan fingerprint density at radius 3 is 3.10 bits per heavy atom. The van der Waals surface area contributed by atoms with Gasteiger partial charge in [0.1, 0.15) is 6.61 Å². The van der Waals surface area contributed by atoms with E-state index in [0.29, 0.717) is 12.1 Å². The van der Waals surface area contributed by atoms with Crippen LogP contribution in [0.5, 0.6) is 0 Å². The summed E-state index contributed by atoms with van der Waals surface area (Å²) in [5.41, 5.74) is 1.60. The topological polar surface area (TPSA) is 53.4 Å². The van der Waals surface area contributed by atoms with Gasteiger partial charge in [-0.1, -0.05) is 17.9 Å². The highest BCUT2D eigenvalue weighted by Crippen LogP contribution is 2.16. The van der Waals surface area contributed by atoms with Crippen molar-refractivity contribution in [2.75, 3.05) is 13.7 Å².